The Bertz CT molecular complexity index is 1050. The van der Waals surface area contributed by atoms with Crippen molar-refractivity contribution in [1.82, 2.24) is 4.31 Å². The summed E-state index contributed by atoms with van der Waals surface area (Å²) in [5.74, 6) is -1.16. The average molecular weight is 355 g/mol. The second-order valence-corrected chi connectivity index (χ2v) is 7.85. The highest BCUT2D eigenvalue weighted by Crippen LogP contribution is 2.30. The van der Waals surface area contributed by atoms with Gasteiger partial charge in [-0.05, 0) is 24.6 Å². The molecule has 0 N–H and O–H groups in total. The van der Waals surface area contributed by atoms with Gasteiger partial charge in [0.25, 0.3) is 10.0 Å². The van der Waals surface area contributed by atoms with Crippen molar-refractivity contribution >= 4 is 27.5 Å². The van der Waals surface area contributed by atoms with Gasteiger partial charge in [0.05, 0.1) is 4.90 Å². The van der Waals surface area contributed by atoms with E-state index in [1.165, 1.54) is 18.2 Å². The number of hydrogen-bond donors (Lipinski definition) is 0. The maximum absolute atomic E-state index is 12.7. The lowest BCUT2D eigenvalue weighted by Crippen LogP contribution is -2.32. The van der Waals surface area contributed by atoms with E-state index in [4.69, 9.17) is 0 Å². The van der Waals surface area contributed by atoms with Gasteiger partial charge in [0, 0.05) is 35.2 Å². The van der Waals surface area contributed by atoms with Crippen LogP contribution in [0.5, 0.6) is 0 Å². The van der Waals surface area contributed by atoms with E-state index >= 15 is 0 Å². The SMILES string of the molecule is O=C1c2ccccc2C(=O)c2cc(S(=O)(=O)N3CCCC3=O)ccc21. The molecule has 0 bridgehead atoms. The van der Waals surface area contributed by atoms with Crippen LogP contribution >= 0.6 is 0 Å². The third-order valence-corrected chi connectivity index (χ3v) is 6.33. The molecule has 6 nitrogen and oxygen atoms in total. The molecule has 0 aromatic heterocycles. The fourth-order valence-electron chi connectivity index (χ4n) is 3.24. The lowest BCUT2D eigenvalue weighted by molar-refractivity contribution is -0.123. The molecular formula is C18H13NO5S. The van der Waals surface area contributed by atoms with Crippen LogP contribution in [0.2, 0.25) is 0 Å². The first-order valence-electron chi connectivity index (χ1n) is 7.79. The summed E-state index contributed by atoms with van der Waals surface area (Å²) in [7, 11) is -4.02. The van der Waals surface area contributed by atoms with Crippen LogP contribution in [0.15, 0.2) is 47.4 Å². The van der Waals surface area contributed by atoms with Crippen molar-refractivity contribution in [2.75, 3.05) is 6.54 Å². The van der Waals surface area contributed by atoms with Gasteiger partial charge in [-0.15, -0.1) is 0 Å². The number of fused-ring (bicyclic) bond motifs is 2. The fraction of sp³-hybridized carbons (Fsp3) is 0.167. The van der Waals surface area contributed by atoms with E-state index in [2.05, 4.69) is 0 Å². The van der Waals surface area contributed by atoms with Crippen molar-refractivity contribution in [2.24, 2.45) is 0 Å². The third kappa shape index (κ3) is 2.23. The molecule has 1 heterocycles. The topological polar surface area (TPSA) is 88.6 Å². The summed E-state index contributed by atoms with van der Waals surface area (Å²) in [6.07, 6.45) is 0.669. The number of amides is 1. The lowest BCUT2D eigenvalue weighted by Gasteiger charge is -2.20. The zero-order valence-corrected chi connectivity index (χ0v) is 13.9. The number of nitrogens with zero attached hydrogens (tertiary/aromatic N) is 1. The predicted octanol–water partition coefficient (Wildman–Crippen LogP) is 1.77. The van der Waals surface area contributed by atoms with Crippen LogP contribution in [0.1, 0.15) is 44.7 Å². The molecule has 4 rings (SSSR count). The molecule has 1 fully saturated rings. The fourth-order valence-corrected chi connectivity index (χ4v) is 4.73. The summed E-state index contributed by atoms with van der Waals surface area (Å²) in [5.41, 5.74) is 0.795. The summed E-state index contributed by atoms with van der Waals surface area (Å²) in [6, 6.07) is 10.3. The largest absolute Gasteiger partial charge is 0.289 e. The van der Waals surface area contributed by atoms with Gasteiger partial charge in [-0.2, -0.15) is 0 Å². The van der Waals surface area contributed by atoms with Gasteiger partial charge in [0.15, 0.2) is 11.6 Å². The van der Waals surface area contributed by atoms with Crippen LogP contribution in [0, 0.1) is 0 Å². The standard InChI is InChI=1S/C18H13NO5S/c20-16-6-3-9-19(16)25(23,24)11-7-8-14-15(10-11)18(22)13-5-2-1-4-12(13)17(14)21/h1-2,4-5,7-8,10H,3,6,9H2. The molecule has 1 aliphatic carbocycles. The molecule has 0 radical (unpaired) electrons. The normalized spacial score (nSPS) is 16.8. The Labute approximate surface area is 144 Å². The Morgan fingerprint density at radius 3 is 2.00 bits per heavy atom. The zero-order chi connectivity index (χ0) is 17.8. The Balaban J connectivity index is 1.85. The van der Waals surface area contributed by atoms with Crippen LogP contribution in [-0.2, 0) is 14.8 Å². The van der Waals surface area contributed by atoms with Crippen LogP contribution in [-0.4, -0.2) is 36.7 Å². The quantitative estimate of drug-likeness (QED) is 0.699. The maximum atomic E-state index is 12.7. The summed E-state index contributed by atoms with van der Waals surface area (Å²) in [4.78, 5) is 36.9. The Morgan fingerprint density at radius 2 is 1.40 bits per heavy atom. The lowest BCUT2D eigenvalue weighted by atomic mass is 9.84. The van der Waals surface area contributed by atoms with Gasteiger partial charge in [0.2, 0.25) is 5.91 Å². The smallest absolute Gasteiger partial charge is 0.266 e. The molecule has 1 saturated heterocycles. The number of sulfonamides is 1. The molecule has 0 unspecified atom stereocenters. The van der Waals surface area contributed by atoms with Crippen molar-refractivity contribution in [3.63, 3.8) is 0 Å². The highest BCUT2D eigenvalue weighted by atomic mass is 32.2. The van der Waals surface area contributed by atoms with Gasteiger partial charge in [-0.1, -0.05) is 24.3 Å². The van der Waals surface area contributed by atoms with E-state index in [0.29, 0.717) is 12.0 Å². The Hall–Kier alpha value is -2.80. The van der Waals surface area contributed by atoms with E-state index in [1.807, 2.05) is 0 Å². The van der Waals surface area contributed by atoms with Crippen molar-refractivity contribution in [2.45, 2.75) is 17.7 Å². The van der Waals surface area contributed by atoms with Crippen LogP contribution in [0.25, 0.3) is 0 Å². The first kappa shape index (κ1) is 15.7. The second kappa shape index (κ2) is 5.35. The zero-order valence-electron chi connectivity index (χ0n) is 13.1. The van der Waals surface area contributed by atoms with Crippen LogP contribution < -0.4 is 0 Å². The van der Waals surface area contributed by atoms with Gasteiger partial charge in [0.1, 0.15) is 0 Å². The van der Waals surface area contributed by atoms with Crippen molar-refractivity contribution in [1.29, 1.82) is 0 Å². The summed E-state index contributed by atoms with van der Waals surface area (Å²) in [6.45, 7) is 0.133. The number of rotatable bonds is 2. The van der Waals surface area contributed by atoms with Gasteiger partial charge < -0.3 is 0 Å². The Kier molecular flexibility index (Phi) is 3.36. The van der Waals surface area contributed by atoms with Gasteiger partial charge in [-0.25, -0.2) is 12.7 Å². The predicted molar refractivity (Wildman–Crippen MR) is 87.9 cm³/mol. The van der Waals surface area contributed by atoms with E-state index < -0.39 is 21.7 Å². The molecule has 7 heteroatoms. The Morgan fingerprint density at radius 1 is 0.800 bits per heavy atom. The maximum Gasteiger partial charge on any atom is 0.266 e. The monoisotopic (exact) mass is 355 g/mol. The summed E-state index contributed by atoms with van der Waals surface area (Å²) in [5, 5.41) is 0. The molecule has 2 aliphatic rings. The summed E-state index contributed by atoms with van der Waals surface area (Å²) >= 11 is 0. The van der Waals surface area contributed by atoms with E-state index in [0.717, 1.165) is 4.31 Å². The van der Waals surface area contributed by atoms with Gasteiger partial charge in [-0.3, -0.25) is 14.4 Å². The molecule has 25 heavy (non-hydrogen) atoms. The second-order valence-electron chi connectivity index (χ2n) is 5.99. The average Bonchev–Trinajstić information content (AvgIpc) is 3.06. The molecular weight excluding hydrogens is 342 g/mol. The van der Waals surface area contributed by atoms with E-state index in [-0.39, 0.29) is 40.3 Å². The first-order chi connectivity index (χ1) is 11.9. The molecule has 2 aromatic rings. The van der Waals surface area contributed by atoms with Crippen LogP contribution in [0.4, 0.5) is 0 Å². The number of ketones is 2. The number of carbonyl (C=O) groups excluding carboxylic acids is 3. The molecule has 0 atom stereocenters. The minimum absolute atomic E-state index is 0.0522. The van der Waals surface area contributed by atoms with Crippen molar-refractivity contribution < 1.29 is 22.8 Å². The highest BCUT2D eigenvalue weighted by molar-refractivity contribution is 7.89. The molecule has 0 saturated carbocycles. The van der Waals surface area contributed by atoms with Crippen molar-refractivity contribution in [3.8, 4) is 0 Å². The van der Waals surface area contributed by atoms with Crippen molar-refractivity contribution in [3.05, 3.63) is 64.7 Å². The number of carbonyl (C=O) groups is 3. The van der Waals surface area contributed by atoms with E-state index in [9.17, 15) is 22.8 Å². The third-order valence-electron chi connectivity index (χ3n) is 4.51. The number of hydrogen-bond acceptors (Lipinski definition) is 5. The molecule has 126 valence electrons. The number of benzene rings is 2. The van der Waals surface area contributed by atoms with E-state index in [1.54, 1.807) is 24.3 Å². The molecule has 1 amide bonds. The highest BCUT2D eigenvalue weighted by Gasteiger charge is 2.35. The summed E-state index contributed by atoms with van der Waals surface area (Å²) < 4.78 is 26.2. The minimum Gasteiger partial charge on any atom is -0.289 e. The minimum atomic E-state index is -4.02. The molecule has 2 aromatic carbocycles. The van der Waals surface area contributed by atoms with Crippen LogP contribution in [0.3, 0.4) is 0 Å². The molecule has 0 spiro atoms. The van der Waals surface area contributed by atoms with Gasteiger partial charge >= 0.3 is 0 Å². The molecule has 1 aliphatic heterocycles. The first-order valence-corrected chi connectivity index (χ1v) is 9.23.